The molecule has 2 rings (SSSR count). The van der Waals surface area contributed by atoms with Crippen molar-refractivity contribution in [2.24, 2.45) is 5.73 Å². The van der Waals surface area contributed by atoms with Gasteiger partial charge in [-0.1, -0.05) is 0 Å². The Morgan fingerprint density at radius 3 is 2.88 bits per heavy atom. The van der Waals surface area contributed by atoms with E-state index in [2.05, 4.69) is 4.98 Å². The van der Waals surface area contributed by atoms with Crippen molar-refractivity contribution in [1.29, 1.82) is 0 Å². The highest BCUT2D eigenvalue weighted by Gasteiger charge is 2.11. The Labute approximate surface area is 99.4 Å². The van der Waals surface area contributed by atoms with Crippen LogP contribution in [0.2, 0.25) is 0 Å². The fourth-order valence-electron chi connectivity index (χ4n) is 2.07. The first-order chi connectivity index (χ1) is 8.13. The van der Waals surface area contributed by atoms with Crippen molar-refractivity contribution in [2.45, 2.75) is 19.8 Å². The molecule has 1 aromatic carbocycles. The number of benzene rings is 1. The van der Waals surface area contributed by atoms with Crippen molar-refractivity contribution < 1.29 is 9.90 Å². The molecule has 17 heavy (non-hydrogen) atoms. The van der Waals surface area contributed by atoms with Crippen molar-refractivity contribution in [3.05, 3.63) is 35.0 Å². The van der Waals surface area contributed by atoms with E-state index in [4.69, 9.17) is 10.8 Å². The molecule has 0 bridgehead atoms. The Hall–Kier alpha value is -1.81. The maximum Gasteiger partial charge on any atom is 0.335 e. The zero-order valence-corrected chi connectivity index (χ0v) is 9.79. The molecule has 0 radical (unpaired) electrons. The number of hydrogen-bond donors (Lipinski definition) is 3. The van der Waals surface area contributed by atoms with E-state index in [1.807, 2.05) is 19.2 Å². The minimum absolute atomic E-state index is 0.367. The number of carboxylic acid groups (broad SMARTS) is 1. The zero-order chi connectivity index (χ0) is 12.4. The van der Waals surface area contributed by atoms with Crippen LogP contribution in [0.25, 0.3) is 10.9 Å². The third-order valence-corrected chi connectivity index (χ3v) is 2.99. The van der Waals surface area contributed by atoms with Crippen molar-refractivity contribution in [3.63, 3.8) is 0 Å². The SMILES string of the molecule is Cc1cc2[nH]cc(CCCN)c2cc1C(=O)O. The number of rotatable bonds is 4. The van der Waals surface area contributed by atoms with Gasteiger partial charge in [0.05, 0.1) is 5.56 Å². The summed E-state index contributed by atoms with van der Waals surface area (Å²) >= 11 is 0. The van der Waals surface area contributed by atoms with E-state index in [0.717, 1.165) is 34.9 Å². The molecule has 0 spiro atoms. The molecule has 90 valence electrons. The van der Waals surface area contributed by atoms with E-state index in [1.54, 1.807) is 6.07 Å². The lowest BCUT2D eigenvalue weighted by Gasteiger charge is -2.03. The number of fused-ring (bicyclic) bond motifs is 1. The molecule has 0 saturated heterocycles. The number of nitrogens with one attached hydrogen (secondary N) is 1. The standard InChI is InChI=1S/C13H16N2O2/c1-8-5-12-11(6-10(8)13(16)17)9(7-15-12)3-2-4-14/h5-7,15H,2-4,14H2,1H3,(H,16,17). The van der Waals surface area contributed by atoms with Crippen LogP contribution in [0.3, 0.4) is 0 Å². The van der Waals surface area contributed by atoms with Crippen LogP contribution in [0, 0.1) is 6.92 Å². The molecule has 0 fully saturated rings. The van der Waals surface area contributed by atoms with Crippen molar-refractivity contribution in [2.75, 3.05) is 6.54 Å². The number of aromatic nitrogens is 1. The molecule has 0 aliphatic heterocycles. The summed E-state index contributed by atoms with van der Waals surface area (Å²) in [7, 11) is 0. The molecule has 4 heteroatoms. The quantitative estimate of drug-likeness (QED) is 0.755. The number of hydrogen-bond acceptors (Lipinski definition) is 2. The van der Waals surface area contributed by atoms with Crippen LogP contribution in [-0.2, 0) is 6.42 Å². The van der Waals surface area contributed by atoms with Crippen LogP contribution in [0.4, 0.5) is 0 Å². The van der Waals surface area contributed by atoms with E-state index in [9.17, 15) is 4.79 Å². The van der Waals surface area contributed by atoms with Crippen LogP contribution >= 0.6 is 0 Å². The second kappa shape index (κ2) is 4.59. The van der Waals surface area contributed by atoms with Gasteiger partial charge >= 0.3 is 5.97 Å². The summed E-state index contributed by atoms with van der Waals surface area (Å²) in [5, 5.41) is 10.1. The van der Waals surface area contributed by atoms with E-state index in [0.29, 0.717) is 12.1 Å². The number of aromatic carboxylic acids is 1. The summed E-state index contributed by atoms with van der Waals surface area (Å²) in [6.07, 6.45) is 3.72. The molecule has 4 N–H and O–H groups in total. The van der Waals surface area contributed by atoms with Gasteiger partial charge in [-0.05, 0) is 49.6 Å². The highest BCUT2D eigenvalue weighted by atomic mass is 16.4. The van der Waals surface area contributed by atoms with Crippen LogP contribution in [-0.4, -0.2) is 22.6 Å². The predicted octanol–water partition coefficient (Wildman–Crippen LogP) is 2.07. The molecule has 0 unspecified atom stereocenters. The number of aryl methyl sites for hydroxylation is 2. The normalized spacial score (nSPS) is 10.9. The Kier molecular flexibility index (Phi) is 3.15. The first-order valence-corrected chi connectivity index (χ1v) is 5.67. The van der Waals surface area contributed by atoms with Gasteiger partial charge in [0.1, 0.15) is 0 Å². The molecule has 0 aliphatic carbocycles. The van der Waals surface area contributed by atoms with E-state index >= 15 is 0 Å². The Balaban J connectivity index is 2.51. The van der Waals surface area contributed by atoms with Gasteiger partial charge in [-0.2, -0.15) is 0 Å². The first-order valence-electron chi connectivity index (χ1n) is 5.67. The number of carbonyl (C=O) groups is 1. The minimum Gasteiger partial charge on any atom is -0.478 e. The van der Waals surface area contributed by atoms with Crippen molar-refractivity contribution in [1.82, 2.24) is 4.98 Å². The number of aromatic amines is 1. The number of H-pyrrole nitrogens is 1. The number of carboxylic acids is 1. The van der Waals surface area contributed by atoms with Gasteiger partial charge in [0.25, 0.3) is 0 Å². The van der Waals surface area contributed by atoms with Gasteiger partial charge in [0, 0.05) is 17.1 Å². The van der Waals surface area contributed by atoms with Gasteiger partial charge in [0.15, 0.2) is 0 Å². The Morgan fingerprint density at radius 1 is 1.47 bits per heavy atom. The molecule has 4 nitrogen and oxygen atoms in total. The molecule has 0 aliphatic rings. The van der Waals surface area contributed by atoms with Crippen molar-refractivity contribution in [3.8, 4) is 0 Å². The summed E-state index contributed by atoms with van der Waals surface area (Å²) in [4.78, 5) is 14.3. The van der Waals surface area contributed by atoms with Gasteiger partial charge < -0.3 is 15.8 Å². The molecule has 2 aromatic rings. The highest BCUT2D eigenvalue weighted by molar-refractivity contribution is 5.96. The predicted molar refractivity (Wildman–Crippen MR) is 67.4 cm³/mol. The average Bonchev–Trinajstić information content (AvgIpc) is 2.67. The van der Waals surface area contributed by atoms with Gasteiger partial charge in [-0.3, -0.25) is 0 Å². The Bertz CT molecular complexity index is 558. The van der Waals surface area contributed by atoms with Gasteiger partial charge in [-0.15, -0.1) is 0 Å². The maximum atomic E-state index is 11.1. The minimum atomic E-state index is -0.879. The summed E-state index contributed by atoms with van der Waals surface area (Å²) in [5.41, 5.74) is 8.75. The summed E-state index contributed by atoms with van der Waals surface area (Å²) in [5.74, 6) is -0.879. The van der Waals surface area contributed by atoms with Gasteiger partial charge in [0.2, 0.25) is 0 Å². The van der Waals surface area contributed by atoms with E-state index < -0.39 is 5.97 Å². The monoisotopic (exact) mass is 232 g/mol. The molecular formula is C13H16N2O2. The smallest absolute Gasteiger partial charge is 0.335 e. The summed E-state index contributed by atoms with van der Waals surface area (Å²) < 4.78 is 0. The van der Waals surface area contributed by atoms with Crippen LogP contribution in [0.5, 0.6) is 0 Å². The second-order valence-corrected chi connectivity index (χ2v) is 4.22. The summed E-state index contributed by atoms with van der Waals surface area (Å²) in [6.45, 7) is 2.45. The molecule has 0 saturated carbocycles. The topological polar surface area (TPSA) is 79.1 Å². The fraction of sp³-hybridized carbons (Fsp3) is 0.308. The molecule has 1 heterocycles. The van der Waals surface area contributed by atoms with E-state index in [1.165, 1.54) is 0 Å². The molecular weight excluding hydrogens is 216 g/mol. The second-order valence-electron chi connectivity index (χ2n) is 4.22. The van der Waals surface area contributed by atoms with Gasteiger partial charge in [-0.25, -0.2) is 4.79 Å². The van der Waals surface area contributed by atoms with Crippen LogP contribution < -0.4 is 5.73 Å². The third kappa shape index (κ3) is 2.17. The summed E-state index contributed by atoms with van der Waals surface area (Å²) in [6, 6.07) is 3.63. The lowest BCUT2D eigenvalue weighted by molar-refractivity contribution is 0.0696. The lowest BCUT2D eigenvalue weighted by atomic mass is 10.0. The van der Waals surface area contributed by atoms with Crippen LogP contribution in [0.1, 0.15) is 27.9 Å². The average molecular weight is 232 g/mol. The lowest BCUT2D eigenvalue weighted by Crippen LogP contribution is -2.01. The largest absolute Gasteiger partial charge is 0.478 e. The molecule has 1 aromatic heterocycles. The fourth-order valence-corrected chi connectivity index (χ4v) is 2.07. The zero-order valence-electron chi connectivity index (χ0n) is 9.79. The van der Waals surface area contributed by atoms with Crippen LogP contribution in [0.15, 0.2) is 18.3 Å². The van der Waals surface area contributed by atoms with Crippen molar-refractivity contribution >= 4 is 16.9 Å². The van der Waals surface area contributed by atoms with E-state index in [-0.39, 0.29) is 0 Å². The highest BCUT2D eigenvalue weighted by Crippen LogP contribution is 2.23. The third-order valence-electron chi connectivity index (χ3n) is 2.99. The molecule has 0 atom stereocenters. The molecule has 0 amide bonds. The maximum absolute atomic E-state index is 11.1. The first kappa shape index (κ1) is 11.7. The number of nitrogens with two attached hydrogens (primary N) is 1. The Morgan fingerprint density at radius 2 is 2.24 bits per heavy atom.